The molecule has 3 N–H and O–H groups in total. The second-order valence-corrected chi connectivity index (χ2v) is 5.27. The lowest BCUT2D eigenvalue weighted by molar-refractivity contribution is 0.0627. The molecular formula is C14H20N2O2. The van der Waals surface area contributed by atoms with E-state index in [-0.39, 0.29) is 11.7 Å². The number of nitrogen functional groups attached to an aromatic ring is 1. The summed E-state index contributed by atoms with van der Waals surface area (Å²) in [6.07, 6.45) is 1.04. The molecule has 1 aromatic rings. The van der Waals surface area contributed by atoms with Crippen LogP contribution in [0.1, 0.15) is 30.6 Å². The zero-order chi connectivity index (χ0) is 13.3. The molecule has 98 valence electrons. The van der Waals surface area contributed by atoms with Crippen molar-refractivity contribution in [3.8, 4) is 5.75 Å². The van der Waals surface area contributed by atoms with Gasteiger partial charge in [-0.05, 0) is 36.5 Å². The molecule has 0 radical (unpaired) electrons. The molecule has 1 aromatic carbocycles. The van der Waals surface area contributed by atoms with Crippen LogP contribution in [0, 0.1) is 11.8 Å². The van der Waals surface area contributed by atoms with Crippen molar-refractivity contribution >= 4 is 11.6 Å². The van der Waals surface area contributed by atoms with Crippen molar-refractivity contribution < 1.29 is 9.90 Å². The largest absolute Gasteiger partial charge is 0.506 e. The van der Waals surface area contributed by atoms with Crippen molar-refractivity contribution in [2.45, 2.75) is 20.3 Å². The Labute approximate surface area is 107 Å². The third-order valence-electron chi connectivity index (χ3n) is 3.90. The molecule has 0 saturated carbocycles. The van der Waals surface area contributed by atoms with Gasteiger partial charge in [-0.3, -0.25) is 4.79 Å². The minimum absolute atomic E-state index is 0.0240. The Balaban J connectivity index is 2.14. The van der Waals surface area contributed by atoms with E-state index in [1.165, 1.54) is 6.07 Å². The molecule has 1 amide bonds. The number of phenolic OH excluding ortho intramolecular Hbond substituents is 1. The van der Waals surface area contributed by atoms with Gasteiger partial charge in [-0.25, -0.2) is 0 Å². The van der Waals surface area contributed by atoms with Gasteiger partial charge in [-0.1, -0.05) is 13.8 Å². The number of carbonyl (C=O) groups is 1. The Hall–Kier alpha value is -1.71. The van der Waals surface area contributed by atoms with E-state index in [0.29, 0.717) is 23.1 Å². The summed E-state index contributed by atoms with van der Waals surface area (Å²) >= 11 is 0. The van der Waals surface area contributed by atoms with E-state index >= 15 is 0 Å². The standard InChI is InChI=1S/C14H20N2O2/c1-9-5-6-16(8-10(9)2)14(18)11-3-4-12(15)13(17)7-11/h3-4,7,9-10,17H,5-6,8,15H2,1-2H3. The van der Waals surface area contributed by atoms with Gasteiger partial charge in [0.15, 0.2) is 0 Å². The molecule has 18 heavy (non-hydrogen) atoms. The van der Waals surface area contributed by atoms with Crippen molar-refractivity contribution in [1.29, 1.82) is 0 Å². The Morgan fingerprint density at radius 2 is 2.11 bits per heavy atom. The third-order valence-corrected chi connectivity index (χ3v) is 3.90. The van der Waals surface area contributed by atoms with Gasteiger partial charge in [0.1, 0.15) is 5.75 Å². The second-order valence-electron chi connectivity index (χ2n) is 5.27. The van der Waals surface area contributed by atoms with Crippen molar-refractivity contribution in [2.24, 2.45) is 11.8 Å². The van der Waals surface area contributed by atoms with E-state index in [1.807, 2.05) is 4.90 Å². The number of hydrogen-bond acceptors (Lipinski definition) is 3. The van der Waals surface area contributed by atoms with E-state index in [4.69, 9.17) is 5.73 Å². The normalized spacial score (nSPS) is 24.0. The van der Waals surface area contributed by atoms with Crippen molar-refractivity contribution in [3.05, 3.63) is 23.8 Å². The molecule has 1 fully saturated rings. The molecule has 4 nitrogen and oxygen atoms in total. The number of nitrogens with zero attached hydrogens (tertiary/aromatic N) is 1. The molecule has 0 aliphatic carbocycles. The molecule has 0 aromatic heterocycles. The highest BCUT2D eigenvalue weighted by molar-refractivity contribution is 5.95. The predicted molar refractivity (Wildman–Crippen MR) is 71.4 cm³/mol. The summed E-state index contributed by atoms with van der Waals surface area (Å²) in [5.74, 6) is 1.13. The molecule has 0 bridgehead atoms. The average Bonchev–Trinajstić information content (AvgIpc) is 2.35. The van der Waals surface area contributed by atoms with Crippen LogP contribution in [0.2, 0.25) is 0 Å². The van der Waals surface area contributed by atoms with Gasteiger partial charge in [0, 0.05) is 18.7 Å². The van der Waals surface area contributed by atoms with Crippen LogP contribution in [0.5, 0.6) is 5.75 Å². The molecule has 2 rings (SSSR count). The van der Waals surface area contributed by atoms with Gasteiger partial charge in [0.2, 0.25) is 0 Å². The first kappa shape index (κ1) is 12.7. The molecule has 1 aliphatic heterocycles. The number of likely N-dealkylation sites (tertiary alicyclic amines) is 1. The van der Waals surface area contributed by atoms with Gasteiger partial charge in [-0.2, -0.15) is 0 Å². The first-order chi connectivity index (χ1) is 8.49. The third kappa shape index (κ3) is 2.42. The Bertz CT molecular complexity index is 459. The lowest BCUT2D eigenvalue weighted by Gasteiger charge is -2.35. The number of nitrogens with two attached hydrogens (primary N) is 1. The molecular weight excluding hydrogens is 228 g/mol. The van der Waals surface area contributed by atoms with Crippen LogP contribution < -0.4 is 5.73 Å². The van der Waals surface area contributed by atoms with Gasteiger partial charge in [0.25, 0.3) is 5.91 Å². The summed E-state index contributed by atoms with van der Waals surface area (Å²) in [6, 6.07) is 4.68. The van der Waals surface area contributed by atoms with E-state index in [9.17, 15) is 9.90 Å². The SMILES string of the molecule is CC1CCN(C(=O)c2ccc(N)c(O)c2)CC1C. The van der Waals surface area contributed by atoms with Crippen LogP contribution in [0.3, 0.4) is 0 Å². The van der Waals surface area contributed by atoms with Crippen LogP contribution in [-0.2, 0) is 0 Å². The zero-order valence-electron chi connectivity index (χ0n) is 10.9. The van der Waals surface area contributed by atoms with Crippen molar-refractivity contribution in [1.82, 2.24) is 4.90 Å². The van der Waals surface area contributed by atoms with Crippen LogP contribution >= 0.6 is 0 Å². The van der Waals surface area contributed by atoms with Crippen LogP contribution in [0.4, 0.5) is 5.69 Å². The lowest BCUT2D eigenvalue weighted by atomic mass is 9.88. The summed E-state index contributed by atoms with van der Waals surface area (Å²) in [5, 5.41) is 9.55. The number of carbonyl (C=O) groups excluding carboxylic acids is 1. The van der Waals surface area contributed by atoms with Crippen LogP contribution in [0.15, 0.2) is 18.2 Å². The summed E-state index contributed by atoms with van der Waals surface area (Å²) in [5.41, 5.74) is 6.33. The minimum Gasteiger partial charge on any atom is -0.506 e. The van der Waals surface area contributed by atoms with Crippen LogP contribution in [-0.4, -0.2) is 29.0 Å². The topological polar surface area (TPSA) is 66.6 Å². The number of phenols is 1. The number of hydrogen-bond donors (Lipinski definition) is 2. The smallest absolute Gasteiger partial charge is 0.253 e. The van der Waals surface area contributed by atoms with Crippen LogP contribution in [0.25, 0.3) is 0 Å². The minimum atomic E-state index is -0.0284. The highest BCUT2D eigenvalue weighted by Gasteiger charge is 2.26. The molecule has 4 heteroatoms. The maximum absolute atomic E-state index is 12.3. The maximum atomic E-state index is 12.3. The highest BCUT2D eigenvalue weighted by atomic mass is 16.3. The number of piperidine rings is 1. The Morgan fingerprint density at radius 3 is 2.72 bits per heavy atom. The fourth-order valence-electron chi connectivity index (χ4n) is 2.31. The van der Waals surface area contributed by atoms with E-state index in [2.05, 4.69) is 13.8 Å². The fraction of sp³-hybridized carbons (Fsp3) is 0.500. The molecule has 1 heterocycles. The number of rotatable bonds is 1. The molecule has 0 spiro atoms. The Kier molecular flexibility index (Phi) is 3.45. The number of amides is 1. The lowest BCUT2D eigenvalue weighted by Crippen LogP contribution is -2.42. The van der Waals surface area contributed by atoms with Gasteiger partial charge < -0.3 is 15.7 Å². The van der Waals surface area contributed by atoms with E-state index in [1.54, 1.807) is 12.1 Å². The molecule has 2 unspecified atom stereocenters. The summed E-state index contributed by atoms with van der Waals surface area (Å²) in [7, 11) is 0. The molecule has 1 aliphatic rings. The molecule has 2 atom stereocenters. The summed E-state index contributed by atoms with van der Waals surface area (Å²) in [4.78, 5) is 14.1. The van der Waals surface area contributed by atoms with Gasteiger partial charge in [-0.15, -0.1) is 0 Å². The van der Waals surface area contributed by atoms with Crippen molar-refractivity contribution in [3.63, 3.8) is 0 Å². The number of benzene rings is 1. The first-order valence-electron chi connectivity index (χ1n) is 6.37. The maximum Gasteiger partial charge on any atom is 0.253 e. The monoisotopic (exact) mass is 248 g/mol. The van der Waals surface area contributed by atoms with Gasteiger partial charge in [0.05, 0.1) is 5.69 Å². The first-order valence-corrected chi connectivity index (χ1v) is 6.37. The van der Waals surface area contributed by atoms with E-state index < -0.39 is 0 Å². The summed E-state index contributed by atoms with van der Waals surface area (Å²) in [6.45, 7) is 5.96. The number of anilines is 1. The van der Waals surface area contributed by atoms with E-state index in [0.717, 1.165) is 19.5 Å². The fourth-order valence-corrected chi connectivity index (χ4v) is 2.31. The number of aromatic hydroxyl groups is 1. The highest BCUT2D eigenvalue weighted by Crippen LogP contribution is 2.26. The van der Waals surface area contributed by atoms with Crippen molar-refractivity contribution in [2.75, 3.05) is 18.8 Å². The quantitative estimate of drug-likeness (QED) is 0.590. The Morgan fingerprint density at radius 1 is 1.39 bits per heavy atom. The molecule has 1 saturated heterocycles. The predicted octanol–water partition coefficient (Wildman–Crippen LogP) is 2.09. The average molecular weight is 248 g/mol. The summed E-state index contributed by atoms with van der Waals surface area (Å²) < 4.78 is 0. The second kappa shape index (κ2) is 4.88. The zero-order valence-corrected chi connectivity index (χ0v) is 10.9. The van der Waals surface area contributed by atoms with Gasteiger partial charge >= 0.3 is 0 Å².